The zero-order valence-electron chi connectivity index (χ0n) is 17.6. The van der Waals surface area contributed by atoms with Gasteiger partial charge in [0, 0.05) is 17.0 Å². The Bertz CT molecular complexity index is 1190. The van der Waals surface area contributed by atoms with Crippen molar-refractivity contribution in [2.45, 2.75) is 12.5 Å². The van der Waals surface area contributed by atoms with E-state index in [2.05, 4.69) is 16.0 Å². The van der Waals surface area contributed by atoms with Crippen molar-refractivity contribution in [2.24, 2.45) is 0 Å². The standard InChI is InChI=1S/C24H19ClF3N3O3/c25-16-8-6-15(7-9-16)23(33)31-19(12-14-4-2-1-3-5-14)24(34)29-13-20(32)30-18-11-10-17(26)21(27)22(18)28/h1-11,19H,12-13H2,(H,29,34)(H,30,32)(H,31,33). The Hall–Kier alpha value is -3.85. The van der Waals surface area contributed by atoms with Gasteiger partial charge in [-0.25, -0.2) is 13.2 Å². The Morgan fingerprint density at radius 3 is 2.21 bits per heavy atom. The molecular formula is C24H19ClF3N3O3. The predicted octanol–water partition coefficient (Wildman–Crippen LogP) is 3.85. The summed E-state index contributed by atoms with van der Waals surface area (Å²) in [6.45, 7) is -0.598. The maximum atomic E-state index is 13.7. The van der Waals surface area contributed by atoms with Crippen molar-refractivity contribution in [1.82, 2.24) is 10.6 Å². The lowest BCUT2D eigenvalue weighted by atomic mass is 10.0. The third-order valence-electron chi connectivity index (χ3n) is 4.74. The van der Waals surface area contributed by atoms with Gasteiger partial charge in [0.05, 0.1) is 12.2 Å². The van der Waals surface area contributed by atoms with Crippen LogP contribution in [0.1, 0.15) is 15.9 Å². The van der Waals surface area contributed by atoms with Crippen LogP contribution in [0, 0.1) is 17.5 Å². The van der Waals surface area contributed by atoms with Crippen molar-refractivity contribution >= 4 is 35.0 Å². The molecule has 6 nitrogen and oxygen atoms in total. The number of carbonyl (C=O) groups is 3. The molecule has 0 aliphatic carbocycles. The van der Waals surface area contributed by atoms with E-state index in [1.807, 2.05) is 0 Å². The minimum Gasteiger partial charge on any atom is -0.345 e. The van der Waals surface area contributed by atoms with Gasteiger partial charge >= 0.3 is 0 Å². The molecule has 3 N–H and O–H groups in total. The minimum absolute atomic E-state index is 0.130. The highest BCUT2D eigenvalue weighted by atomic mass is 35.5. The summed E-state index contributed by atoms with van der Waals surface area (Å²) >= 11 is 5.84. The maximum absolute atomic E-state index is 13.7. The Kier molecular flexibility index (Phi) is 8.26. The van der Waals surface area contributed by atoms with E-state index < -0.39 is 53.4 Å². The number of carbonyl (C=O) groups excluding carboxylic acids is 3. The second-order valence-corrected chi connectivity index (χ2v) is 7.65. The van der Waals surface area contributed by atoms with Crippen molar-refractivity contribution < 1.29 is 27.6 Å². The highest BCUT2D eigenvalue weighted by molar-refractivity contribution is 6.30. The van der Waals surface area contributed by atoms with E-state index >= 15 is 0 Å². The van der Waals surface area contributed by atoms with Crippen LogP contribution in [0.25, 0.3) is 0 Å². The third kappa shape index (κ3) is 6.58. The lowest BCUT2D eigenvalue weighted by Gasteiger charge is -2.19. The number of benzene rings is 3. The first-order valence-electron chi connectivity index (χ1n) is 10.1. The molecular weight excluding hydrogens is 471 g/mol. The number of rotatable bonds is 8. The Morgan fingerprint density at radius 2 is 1.53 bits per heavy atom. The fourth-order valence-electron chi connectivity index (χ4n) is 3.01. The van der Waals surface area contributed by atoms with Gasteiger partial charge in [-0.2, -0.15) is 0 Å². The zero-order chi connectivity index (χ0) is 24.7. The van der Waals surface area contributed by atoms with Crippen LogP contribution in [0.5, 0.6) is 0 Å². The van der Waals surface area contributed by atoms with Crippen molar-refractivity contribution in [3.63, 3.8) is 0 Å². The van der Waals surface area contributed by atoms with Gasteiger partial charge in [-0.15, -0.1) is 0 Å². The van der Waals surface area contributed by atoms with Crippen molar-refractivity contribution in [3.05, 3.63) is 100 Å². The highest BCUT2D eigenvalue weighted by Gasteiger charge is 2.23. The molecule has 10 heteroatoms. The average molecular weight is 490 g/mol. The molecule has 0 aliphatic heterocycles. The van der Waals surface area contributed by atoms with Crippen molar-refractivity contribution in [2.75, 3.05) is 11.9 Å². The molecule has 0 spiro atoms. The van der Waals surface area contributed by atoms with Gasteiger partial charge in [-0.3, -0.25) is 14.4 Å². The number of hydrogen-bond donors (Lipinski definition) is 3. The highest BCUT2D eigenvalue weighted by Crippen LogP contribution is 2.19. The summed E-state index contributed by atoms with van der Waals surface area (Å²) in [7, 11) is 0. The van der Waals surface area contributed by atoms with Gasteiger partial charge in [-0.05, 0) is 42.0 Å². The largest absolute Gasteiger partial charge is 0.345 e. The van der Waals surface area contributed by atoms with Crippen LogP contribution >= 0.6 is 11.6 Å². The van der Waals surface area contributed by atoms with Crippen LogP contribution in [0.3, 0.4) is 0 Å². The summed E-state index contributed by atoms with van der Waals surface area (Å²) in [6.07, 6.45) is 0.130. The molecule has 3 amide bonds. The van der Waals surface area contributed by atoms with Gasteiger partial charge in [0.15, 0.2) is 17.5 Å². The van der Waals surface area contributed by atoms with Gasteiger partial charge in [0.1, 0.15) is 6.04 Å². The van der Waals surface area contributed by atoms with Crippen LogP contribution in [0.4, 0.5) is 18.9 Å². The topological polar surface area (TPSA) is 87.3 Å². The van der Waals surface area contributed by atoms with E-state index in [4.69, 9.17) is 11.6 Å². The van der Waals surface area contributed by atoms with Crippen LogP contribution in [-0.4, -0.2) is 30.3 Å². The third-order valence-corrected chi connectivity index (χ3v) is 5.00. The molecule has 1 unspecified atom stereocenters. The summed E-state index contributed by atoms with van der Waals surface area (Å²) in [5, 5.41) is 7.48. The first-order chi connectivity index (χ1) is 16.2. The van der Waals surface area contributed by atoms with Gasteiger partial charge in [0.2, 0.25) is 11.8 Å². The number of nitrogens with one attached hydrogen (secondary N) is 3. The van der Waals surface area contributed by atoms with E-state index in [1.165, 1.54) is 24.3 Å². The molecule has 0 fully saturated rings. The van der Waals surface area contributed by atoms with E-state index in [-0.39, 0.29) is 12.0 Å². The molecule has 3 aromatic carbocycles. The second-order valence-electron chi connectivity index (χ2n) is 7.21. The Morgan fingerprint density at radius 1 is 0.853 bits per heavy atom. The summed E-state index contributed by atoms with van der Waals surface area (Å²) in [5.74, 6) is -6.76. The smallest absolute Gasteiger partial charge is 0.251 e. The lowest BCUT2D eigenvalue weighted by molar-refractivity contribution is -0.125. The first-order valence-corrected chi connectivity index (χ1v) is 10.4. The van der Waals surface area contributed by atoms with E-state index in [0.29, 0.717) is 11.1 Å². The molecule has 3 aromatic rings. The van der Waals surface area contributed by atoms with Crippen molar-refractivity contribution in [1.29, 1.82) is 0 Å². The molecule has 0 heterocycles. The van der Waals surface area contributed by atoms with E-state index in [1.54, 1.807) is 30.3 Å². The fourth-order valence-corrected chi connectivity index (χ4v) is 3.14. The molecule has 0 aliphatic rings. The van der Waals surface area contributed by atoms with E-state index in [0.717, 1.165) is 11.6 Å². The fraction of sp³-hybridized carbons (Fsp3) is 0.125. The Labute approximate surface area is 198 Å². The van der Waals surface area contributed by atoms with Crippen molar-refractivity contribution in [3.8, 4) is 0 Å². The lowest BCUT2D eigenvalue weighted by Crippen LogP contribution is -2.49. The number of halogens is 4. The molecule has 0 radical (unpaired) electrons. The van der Waals surface area contributed by atoms with Gasteiger partial charge < -0.3 is 16.0 Å². The van der Waals surface area contributed by atoms with Crippen LogP contribution in [-0.2, 0) is 16.0 Å². The number of amides is 3. The summed E-state index contributed by atoms with van der Waals surface area (Å²) < 4.78 is 40.1. The van der Waals surface area contributed by atoms with Crippen LogP contribution < -0.4 is 16.0 Å². The SMILES string of the molecule is O=C(CNC(=O)C(Cc1ccccc1)NC(=O)c1ccc(Cl)cc1)Nc1ccc(F)c(F)c1F. The first kappa shape index (κ1) is 24.8. The normalized spacial score (nSPS) is 11.4. The molecule has 0 saturated heterocycles. The van der Waals surface area contributed by atoms with Crippen LogP contribution in [0.15, 0.2) is 66.7 Å². The number of hydrogen-bond acceptors (Lipinski definition) is 3. The van der Waals surface area contributed by atoms with Gasteiger partial charge in [-0.1, -0.05) is 41.9 Å². The molecule has 3 rings (SSSR count). The summed E-state index contributed by atoms with van der Waals surface area (Å²) in [5.41, 5.74) is 0.462. The molecule has 34 heavy (non-hydrogen) atoms. The molecule has 0 aromatic heterocycles. The van der Waals surface area contributed by atoms with Crippen LogP contribution in [0.2, 0.25) is 5.02 Å². The quantitative estimate of drug-likeness (QED) is 0.420. The molecule has 176 valence electrons. The number of anilines is 1. The monoisotopic (exact) mass is 489 g/mol. The van der Waals surface area contributed by atoms with Gasteiger partial charge in [0.25, 0.3) is 5.91 Å². The predicted molar refractivity (Wildman–Crippen MR) is 121 cm³/mol. The maximum Gasteiger partial charge on any atom is 0.251 e. The molecule has 0 saturated carbocycles. The Balaban J connectivity index is 1.66. The summed E-state index contributed by atoms with van der Waals surface area (Å²) in [4.78, 5) is 37.5. The second kappa shape index (κ2) is 11.3. The summed E-state index contributed by atoms with van der Waals surface area (Å²) in [6, 6.07) is 15.4. The minimum atomic E-state index is -1.73. The molecule has 1 atom stereocenters. The zero-order valence-corrected chi connectivity index (χ0v) is 18.3. The average Bonchev–Trinajstić information content (AvgIpc) is 2.83. The molecule has 0 bridgehead atoms. The van der Waals surface area contributed by atoms with E-state index in [9.17, 15) is 27.6 Å².